The number of rotatable bonds is 11. The number of hydrogen-bond donors (Lipinski definition) is 2. The Labute approximate surface area is 206 Å². The second-order valence-electron chi connectivity index (χ2n) is 10.5. The molecule has 3 heterocycles. The first-order valence-corrected chi connectivity index (χ1v) is 13.5. The normalized spacial score (nSPS) is 23.9. The van der Waals surface area contributed by atoms with Crippen LogP contribution in [0.2, 0.25) is 0 Å². The summed E-state index contributed by atoms with van der Waals surface area (Å²) in [6.45, 7) is 8.17. The van der Waals surface area contributed by atoms with Crippen molar-refractivity contribution in [3.05, 3.63) is 45.4 Å². The van der Waals surface area contributed by atoms with Gasteiger partial charge in [-0.1, -0.05) is 13.8 Å². The Morgan fingerprint density at radius 1 is 1.06 bits per heavy atom. The summed E-state index contributed by atoms with van der Waals surface area (Å²) in [5.74, 6) is 3.36. The van der Waals surface area contributed by atoms with Gasteiger partial charge in [-0.25, -0.2) is 14.8 Å². The summed E-state index contributed by atoms with van der Waals surface area (Å²) in [5, 5.41) is 3.71. The summed E-state index contributed by atoms with van der Waals surface area (Å²) in [4.78, 5) is 38.5. The van der Waals surface area contributed by atoms with Crippen LogP contribution in [0.5, 0.6) is 0 Å². The van der Waals surface area contributed by atoms with Crippen molar-refractivity contribution in [3.8, 4) is 0 Å². The molecule has 2 N–H and O–H groups in total. The first-order valence-electron chi connectivity index (χ1n) is 13.5. The summed E-state index contributed by atoms with van der Waals surface area (Å²) in [6.07, 6.45) is 13.2. The van der Waals surface area contributed by atoms with Crippen LogP contribution in [0.1, 0.15) is 70.5 Å². The molecule has 3 aromatic heterocycles. The number of hydrogen-bond acceptors (Lipinski definition) is 5. The van der Waals surface area contributed by atoms with E-state index in [1.807, 2.05) is 32.6 Å². The van der Waals surface area contributed by atoms with Crippen LogP contribution in [0.25, 0.3) is 11.2 Å². The zero-order valence-electron chi connectivity index (χ0n) is 21.1. The third kappa shape index (κ3) is 4.75. The molecule has 0 saturated heterocycles. The largest absolute Gasteiger partial charge is 0.337 e. The van der Waals surface area contributed by atoms with Crippen molar-refractivity contribution < 1.29 is 0 Å². The number of aromatic nitrogens is 6. The highest BCUT2D eigenvalue weighted by Gasteiger charge is 2.43. The molecular weight excluding hydrogens is 442 g/mol. The lowest BCUT2D eigenvalue weighted by Crippen LogP contribution is -2.40. The van der Waals surface area contributed by atoms with E-state index in [2.05, 4.69) is 19.9 Å². The van der Waals surface area contributed by atoms with E-state index >= 15 is 0 Å². The number of aromatic amines is 1. The van der Waals surface area contributed by atoms with Crippen LogP contribution in [-0.2, 0) is 19.6 Å². The molecule has 2 bridgehead atoms. The van der Waals surface area contributed by atoms with E-state index in [1.54, 1.807) is 4.57 Å². The lowest BCUT2D eigenvalue weighted by atomic mass is 9.73. The molecule has 5 rings (SSSR count). The maximum absolute atomic E-state index is 13.1. The topological polar surface area (TPSA) is 103 Å². The lowest BCUT2D eigenvalue weighted by Gasteiger charge is -2.34. The van der Waals surface area contributed by atoms with Crippen molar-refractivity contribution in [3.63, 3.8) is 0 Å². The number of nitrogens with one attached hydrogen (secondary N) is 2. The second kappa shape index (κ2) is 10.5. The van der Waals surface area contributed by atoms with Gasteiger partial charge in [-0.3, -0.25) is 13.9 Å². The molecule has 2 unspecified atom stereocenters. The SMILES string of the molecule is CCCn1c(=O)c2[nH]c(C3CC4CCC(C3)C4CNCCCn3ccnc3)nc2n(CCC)c1=O. The molecule has 0 amide bonds. The van der Waals surface area contributed by atoms with Crippen molar-refractivity contribution in [1.29, 1.82) is 0 Å². The molecule has 0 aromatic carbocycles. The number of H-pyrrole nitrogens is 1. The Kier molecular flexibility index (Phi) is 7.22. The zero-order chi connectivity index (χ0) is 24.4. The first kappa shape index (κ1) is 24.0. The van der Waals surface area contributed by atoms with Gasteiger partial charge in [-0.2, -0.15) is 0 Å². The number of aryl methyl sites for hydroxylation is 2. The van der Waals surface area contributed by atoms with Gasteiger partial charge in [0.05, 0.1) is 6.33 Å². The van der Waals surface area contributed by atoms with Gasteiger partial charge in [0, 0.05) is 37.9 Å². The van der Waals surface area contributed by atoms with Gasteiger partial charge in [0.25, 0.3) is 5.56 Å². The highest BCUT2D eigenvalue weighted by Crippen LogP contribution is 2.51. The minimum absolute atomic E-state index is 0.227. The third-order valence-corrected chi connectivity index (χ3v) is 8.16. The Morgan fingerprint density at radius 2 is 1.80 bits per heavy atom. The van der Waals surface area contributed by atoms with Crippen LogP contribution in [0.4, 0.5) is 0 Å². The van der Waals surface area contributed by atoms with Crippen molar-refractivity contribution in [2.24, 2.45) is 17.8 Å². The summed E-state index contributed by atoms with van der Waals surface area (Å²) in [5.41, 5.74) is 0.579. The van der Waals surface area contributed by atoms with E-state index in [0.29, 0.717) is 42.0 Å². The molecule has 35 heavy (non-hydrogen) atoms. The predicted molar refractivity (Wildman–Crippen MR) is 137 cm³/mol. The van der Waals surface area contributed by atoms with Crippen molar-refractivity contribution >= 4 is 11.2 Å². The maximum Gasteiger partial charge on any atom is 0.332 e. The molecule has 9 nitrogen and oxygen atoms in total. The van der Waals surface area contributed by atoms with Gasteiger partial charge in [0.2, 0.25) is 0 Å². The molecular formula is C26H39N7O2. The monoisotopic (exact) mass is 481 g/mol. The molecule has 2 saturated carbocycles. The van der Waals surface area contributed by atoms with Crippen LogP contribution in [-0.4, -0.2) is 41.7 Å². The minimum Gasteiger partial charge on any atom is -0.337 e. The molecule has 190 valence electrons. The van der Waals surface area contributed by atoms with Crippen molar-refractivity contribution in [2.45, 2.75) is 84.3 Å². The van der Waals surface area contributed by atoms with E-state index in [0.717, 1.165) is 63.5 Å². The Morgan fingerprint density at radius 3 is 2.49 bits per heavy atom. The Balaban J connectivity index is 1.27. The Bertz CT molecular complexity index is 1230. The fraction of sp³-hybridized carbons (Fsp3) is 0.692. The van der Waals surface area contributed by atoms with Crippen LogP contribution in [0.3, 0.4) is 0 Å². The molecule has 0 aliphatic heterocycles. The molecule has 0 radical (unpaired) electrons. The molecule has 2 atom stereocenters. The van der Waals surface area contributed by atoms with Gasteiger partial charge >= 0.3 is 5.69 Å². The van der Waals surface area contributed by atoms with Gasteiger partial charge in [0.1, 0.15) is 11.3 Å². The maximum atomic E-state index is 13.1. The van der Waals surface area contributed by atoms with Crippen LogP contribution in [0, 0.1) is 17.8 Å². The quantitative estimate of drug-likeness (QED) is 0.410. The third-order valence-electron chi connectivity index (χ3n) is 8.16. The Hall–Kier alpha value is -2.68. The molecule has 3 aromatic rings. The fourth-order valence-electron chi connectivity index (χ4n) is 6.51. The van der Waals surface area contributed by atoms with Crippen LogP contribution < -0.4 is 16.6 Å². The zero-order valence-corrected chi connectivity index (χ0v) is 21.1. The summed E-state index contributed by atoms with van der Waals surface area (Å²) >= 11 is 0. The van der Waals surface area contributed by atoms with E-state index in [1.165, 1.54) is 17.4 Å². The van der Waals surface area contributed by atoms with Crippen molar-refractivity contribution in [2.75, 3.05) is 13.1 Å². The molecule has 2 fully saturated rings. The second-order valence-corrected chi connectivity index (χ2v) is 10.5. The van der Waals surface area contributed by atoms with Gasteiger partial charge in [-0.05, 0) is 75.8 Å². The van der Waals surface area contributed by atoms with Crippen molar-refractivity contribution in [1.82, 2.24) is 34.0 Å². The van der Waals surface area contributed by atoms with Crippen LogP contribution >= 0.6 is 0 Å². The molecule has 0 spiro atoms. The van der Waals surface area contributed by atoms with E-state index < -0.39 is 0 Å². The summed E-state index contributed by atoms with van der Waals surface area (Å²) < 4.78 is 5.19. The smallest absolute Gasteiger partial charge is 0.332 e. The van der Waals surface area contributed by atoms with Gasteiger partial charge in [0.15, 0.2) is 5.65 Å². The summed E-state index contributed by atoms with van der Waals surface area (Å²) in [7, 11) is 0. The van der Waals surface area contributed by atoms with E-state index in [9.17, 15) is 9.59 Å². The number of imidazole rings is 2. The summed E-state index contributed by atoms with van der Waals surface area (Å²) in [6, 6.07) is 0. The lowest BCUT2D eigenvalue weighted by molar-refractivity contribution is 0.196. The van der Waals surface area contributed by atoms with Crippen LogP contribution in [0.15, 0.2) is 28.3 Å². The van der Waals surface area contributed by atoms with E-state index in [4.69, 9.17) is 4.98 Å². The number of fused-ring (bicyclic) bond motifs is 3. The van der Waals surface area contributed by atoms with Gasteiger partial charge < -0.3 is 14.9 Å². The molecule has 2 aliphatic rings. The average molecular weight is 482 g/mol. The minimum atomic E-state index is -0.229. The molecule has 9 heteroatoms. The number of nitrogens with zero attached hydrogens (tertiary/aromatic N) is 5. The molecule has 2 aliphatic carbocycles. The highest BCUT2D eigenvalue weighted by molar-refractivity contribution is 5.70. The predicted octanol–water partition coefficient (Wildman–Crippen LogP) is 3.10. The fourth-order valence-corrected chi connectivity index (χ4v) is 6.51. The highest BCUT2D eigenvalue weighted by atomic mass is 16.2. The van der Waals surface area contributed by atoms with Gasteiger partial charge in [-0.15, -0.1) is 0 Å². The first-order chi connectivity index (χ1) is 17.1. The van der Waals surface area contributed by atoms with E-state index in [-0.39, 0.29) is 11.2 Å². The standard InChI is InChI=1S/C26H39N7O2/c1-3-10-32-24-22(25(34)33(11-4-2)26(32)35)29-23(30-24)20-14-18-6-7-19(15-20)21(18)16-27-8-5-12-31-13-9-28-17-31/h9,13,17-21,27H,3-8,10-12,14-16H2,1-2H3,(H,29,30). The average Bonchev–Trinajstić information content (AvgIpc) is 3.58.